The third-order valence-electron chi connectivity index (χ3n) is 3.46. The second-order valence-corrected chi connectivity index (χ2v) is 5.86. The maximum absolute atomic E-state index is 11.6. The number of rotatable bonds is 10. The summed E-state index contributed by atoms with van der Waals surface area (Å²) in [6.07, 6.45) is 2.10. The molecule has 0 aliphatic carbocycles. The topological polar surface area (TPSA) is 142 Å². The molecule has 1 rings (SSSR count). The van der Waals surface area contributed by atoms with Gasteiger partial charge in [-0.05, 0) is 0 Å². The highest BCUT2D eigenvalue weighted by molar-refractivity contribution is 6.13. The van der Waals surface area contributed by atoms with E-state index in [0.717, 1.165) is 17.1 Å². The number of amides is 5. The zero-order chi connectivity index (χ0) is 19.7. The minimum atomic E-state index is -0.585. The normalized spacial score (nSPS) is 13.1. The van der Waals surface area contributed by atoms with Gasteiger partial charge in [-0.3, -0.25) is 33.7 Å². The molecule has 0 spiro atoms. The Kier molecular flexibility index (Phi) is 8.13. The zero-order valence-electron chi connectivity index (χ0n) is 14.7. The van der Waals surface area contributed by atoms with Gasteiger partial charge < -0.3 is 16.0 Å². The Morgan fingerprint density at radius 3 is 1.85 bits per heavy atom. The van der Waals surface area contributed by atoms with Crippen molar-refractivity contribution in [2.75, 3.05) is 26.2 Å². The van der Waals surface area contributed by atoms with E-state index in [9.17, 15) is 28.8 Å². The molecule has 0 fully saturated rings. The Hall–Kier alpha value is -3.04. The number of imide groups is 1. The third kappa shape index (κ3) is 7.24. The van der Waals surface area contributed by atoms with Crippen LogP contribution < -0.4 is 16.0 Å². The van der Waals surface area contributed by atoms with Crippen LogP contribution in [0, 0.1) is 5.92 Å². The number of Topliss-reactive ketones (excluding diaryl/α,β-unsaturated/α-hetero) is 1. The van der Waals surface area contributed by atoms with Crippen LogP contribution in [0.2, 0.25) is 0 Å². The number of carbonyl (C=O) groups is 6. The number of hydrogen-bond acceptors (Lipinski definition) is 6. The predicted molar refractivity (Wildman–Crippen MR) is 95.7 cm³/mol. The lowest BCUT2D eigenvalue weighted by Crippen LogP contribution is -2.43. The van der Waals surface area contributed by atoms with Gasteiger partial charge in [0.2, 0.25) is 17.7 Å². The van der Waals surface area contributed by atoms with Crippen LogP contribution in [0.5, 0.6) is 0 Å². The molecule has 1 aliphatic rings. The van der Waals surface area contributed by atoms with E-state index in [-0.39, 0.29) is 48.6 Å². The molecule has 0 radical (unpaired) electrons. The average Bonchev–Trinajstić information content (AvgIpc) is 2.91. The molecule has 3 N–H and O–H groups in total. The van der Waals surface area contributed by atoms with E-state index in [0.29, 0.717) is 0 Å². The Labute approximate surface area is 154 Å². The van der Waals surface area contributed by atoms with Crippen LogP contribution in [-0.2, 0) is 28.8 Å². The highest BCUT2D eigenvalue weighted by Gasteiger charge is 2.23. The Morgan fingerprint density at radius 1 is 0.885 bits per heavy atom. The first-order chi connectivity index (χ1) is 12.2. The quantitative estimate of drug-likeness (QED) is 0.403. The summed E-state index contributed by atoms with van der Waals surface area (Å²) in [6.45, 7) is 2.58. The maximum atomic E-state index is 11.6. The van der Waals surface area contributed by atoms with Crippen molar-refractivity contribution in [1.82, 2.24) is 20.9 Å². The smallest absolute Gasteiger partial charge is 0.253 e. The number of nitrogens with one attached hydrogen (secondary N) is 3. The van der Waals surface area contributed by atoms with Gasteiger partial charge in [0.1, 0.15) is 0 Å². The molecule has 1 heterocycles. The van der Waals surface area contributed by atoms with Gasteiger partial charge >= 0.3 is 0 Å². The van der Waals surface area contributed by atoms with Crippen LogP contribution in [0.1, 0.15) is 24.5 Å². The molecular weight excluding hydrogens is 344 g/mol. The van der Waals surface area contributed by atoms with E-state index < -0.39 is 29.5 Å². The van der Waals surface area contributed by atoms with Crippen molar-refractivity contribution in [1.29, 1.82) is 0 Å². The van der Waals surface area contributed by atoms with Gasteiger partial charge in [-0.15, -0.1) is 0 Å². The van der Waals surface area contributed by atoms with Crippen molar-refractivity contribution in [3.05, 3.63) is 12.2 Å². The molecule has 0 atom stereocenters. The third-order valence-corrected chi connectivity index (χ3v) is 3.46. The van der Waals surface area contributed by atoms with Gasteiger partial charge in [0.15, 0.2) is 5.78 Å². The fourth-order valence-corrected chi connectivity index (χ4v) is 1.83. The summed E-state index contributed by atoms with van der Waals surface area (Å²) in [5, 5.41) is 6.99. The molecule has 0 saturated heterocycles. The summed E-state index contributed by atoms with van der Waals surface area (Å²) in [7, 11) is 0. The molecule has 5 amide bonds. The van der Waals surface area contributed by atoms with Gasteiger partial charge in [-0.2, -0.15) is 0 Å². The molecule has 0 aromatic heterocycles. The summed E-state index contributed by atoms with van der Waals surface area (Å²) in [4.78, 5) is 69.6. The van der Waals surface area contributed by atoms with Crippen molar-refractivity contribution in [2.45, 2.75) is 20.3 Å². The zero-order valence-corrected chi connectivity index (χ0v) is 14.7. The van der Waals surface area contributed by atoms with E-state index in [4.69, 9.17) is 0 Å². The predicted octanol–water partition coefficient (Wildman–Crippen LogP) is -1.39. The molecule has 0 aromatic rings. The molecular formula is C16H28N4O6. The minimum absolute atomic E-state index is 0. The largest absolute Gasteiger partial charge is 0.347 e. The number of carbonyl (C=O) groups excluding carboxylic acids is 6. The van der Waals surface area contributed by atoms with Gasteiger partial charge in [0, 0.05) is 35.3 Å². The molecule has 10 nitrogen and oxygen atoms in total. The highest BCUT2D eigenvalue weighted by Crippen LogP contribution is 2.03. The van der Waals surface area contributed by atoms with E-state index in [2.05, 4.69) is 16.0 Å². The Bertz CT molecular complexity index is 637. The summed E-state index contributed by atoms with van der Waals surface area (Å²) >= 11 is 0. The number of hydrogen-bond donors (Lipinski definition) is 3. The molecule has 10 heteroatoms. The van der Waals surface area contributed by atoms with E-state index in [1.807, 2.05) is 0 Å². The van der Waals surface area contributed by atoms with Crippen LogP contribution >= 0.6 is 0 Å². The molecule has 1 aliphatic heterocycles. The van der Waals surface area contributed by atoms with Crippen molar-refractivity contribution in [2.24, 2.45) is 5.92 Å². The lowest BCUT2D eigenvalue weighted by atomic mass is 10.1. The Balaban J connectivity index is -0.00000225. The number of nitrogens with zero attached hydrogens (tertiary/aromatic N) is 1. The van der Waals surface area contributed by atoms with Gasteiger partial charge in [0.25, 0.3) is 11.8 Å². The van der Waals surface area contributed by atoms with Crippen molar-refractivity contribution < 1.29 is 33.0 Å². The molecule has 0 aromatic carbocycles. The average molecular weight is 372 g/mol. The molecule has 0 unspecified atom stereocenters. The maximum Gasteiger partial charge on any atom is 0.253 e. The number of ketones is 1. The summed E-state index contributed by atoms with van der Waals surface area (Å²) in [5.74, 6) is -2.90. The molecule has 0 saturated carbocycles. The van der Waals surface area contributed by atoms with Crippen molar-refractivity contribution in [3.8, 4) is 0 Å². The van der Waals surface area contributed by atoms with Crippen LogP contribution in [0.3, 0.4) is 0 Å². The lowest BCUT2D eigenvalue weighted by Gasteiger charge is -2.13. The fourth-order valence-electron chi connectivity index (χ4n) is 1.83. The van der Waals surface area contributed by atoms with Gasteiger partial charge in [-0.1, -0.05) is 13.8 Å². The summed E-state index contributed by atoms with van der Waals surface area (Å²) in [6, 6.07) is 0. The molecule has 0 bridgehead atoms. The van der Waals surface area contributed by atoms with Crippen LogP contribution in [0.25, 0.3) is 0 Å². The van der Waals surface area contributed by atoms with E-state index in [1.165, 1.54) is 0 Å². The summed E-state index contributed by atoms with van der Waals surface area (Å²) in [5.41, 5.74) is 0. The first kappa shape index (κ1) is 21.0. The highest BCUT2D eigenvalue weighted by atomic mass is 16.2. The van der Waals surface area contributed by atoms with Crippen molar-refractivity contribution in [3.63, 3.8) is 0 Å². The van der Waals surface area contributed by atoms with Crippen LogP contribution in [0.4, 0.5) is 0 Å². The first-order valence-corrected chi connectivity index (χ1v) is 8.07. The standard InChI is InChI=1S/C16H22N4O6.3H2/c1-10(2)11(21)7-17-13(23)9-19-14(24)8-18-12(22)5-6-20-15(25)3-4-16(20)26;;;/h3-4,10H,5-9H2,1-2H3,(H,17,23)(H,18,22)(H,19,24);3*1H. The monoisotopic (exact) mass is 372 g/mol. The minimum Gasteiger partial charge on any atom is -0.347 e. The van der Waals surface area contributed by atoms with E-state index in [1.54, 1.807) is 13.8 Å². The second kappa shape index (κ2) is 10.1. The Morgan fingerprint density at radius 2 is 1.35 bits per heavy atom. The SMILES string of the molecule is CC(C)C(=O)CNC(=O)CNC(=O)CNC(=O)CCN1C(=O)C=CC1=O.[HH].[HH].[HH]. The molecule has 148 valence electrons. The summed E-state index contributed by atoms with van der Waals surface area (Å²) < 4.78 is 0. The van der Waals surface area contributed by atoms with Crippen molar-refractivity contribution >= 4 is 35.3 Å². The van der Waals surface area contributed by atoms with Crippen LogP contribution in [-0.4, -0.2) is 66.4 Å². The van der Waals surface area contributed by atoms with Crippen LogP contribution in [0.15, 0.2) is 12.2 Å². The van der Waals surface area contributed by atoms with Gasteiger partial charge in [0.05, 0.1) is 19.6 Å². The fraction of sp³-hybridized carbons (Fsp3) is 0.500. The second-order valence-electron chi connectivity index (χ2n) is 5.86. The van der Waals surface area contributed by atoms with E-state index >= 15 is 0 Å². The first-order valence-electron chi connectivity index (χ1n) is 8.07. The lowest BCUT2D eigenvalue weighted by molar-refractivity contribution is -0.137. The van der Waals surface area contributed by atoms with Gasteiger partial charge in [-0.25, -0.2) is 0 Å². The molecule has 26 heavy (non-hydrogen) atoms.